The van der Waals surface area contributed by atoms with E-state index in [0.29, 0.717) is 0 Å². The van der Waals surface area contributed by atoms with E-state index in [2.05, 4.69) is 0 Å². The van der Waals surface area contributed by atoms with Gasteiger partial charge in [0.15, 0.2) is 5.60 Å². The number of carboxylic acids is 1. The number of aliphatic carboxylic acids is 1. The molecule has 3 N–H and O–H groups in total. The lowest BCUT2D eigenvalue weighted by atomic mass is 10.0. The van der Waals surface area contributed by atoms with E-state index < -0.39 is 17.7 Å². The lowest BCUT2D eigenvalue weighted by Crippen LogP contribution is -2.44. The third-order valence-electron chi connectivity index (χ3n) is 1.25. The van der Waals surface area contributed by atoms with Crippen molar-refractivity contribution in [3.8, 4) is 0 Å². The minimum absolute atomic E-state index is 1.04. The van der Waals surface area contributed by atoms with Crippen LogP contribution in [0, 0.1) is 0 Å². The molecule has 0 amide bonds. The van der Waals surface area contributed by atoms with Gasteiger partial charge in [-0.1, -0.05) is 0 Å². The molecule has 0 rings (SSSR count). The molecular formula is C5H10O4. The first kappa shape index (κ1) is 8.39. The van der Waals surface area contributed by atoms with Crippen molar-refractivity contribution in [1.82, 2.24) is 0 Å². The molecule has 0 aromatic rings. The summed E-state index contributed by atoms with van der Waals surface area (Å²) in [6, 6.07) is 0. The van der Waals surface area contributed by atoms with Gasteiger partial charge in [-0.15, -0.1) is 0 Å². The van der Waals surface area contributed by atoms with Crippen molar-refractivity contribution < 1.29 is 20.1 Å². The van der Waals surface area contributed by atoms with Crippen LogP contribution in [0.2, 0.25) is 0 Å². The number of hydrogen-bond acceptors (Lipinski definition) is 3. The highest BCUT2D eigenvalue weighted by atomic mass is 16.4. The summed E-state index contributed by atoms with van der Waals surface area (Å²) in [5.41, 5.74) is -2.03. The molecule has 4 heteroatoms. The Bertz CT molecular complexity index is 116. The van der Waals surface area contributed by atoms with Crippen LogP contribution in [0.25, 0.3) is 0 Å². The third-order valence-corrected chi connectivity index (χ3v) is 1.25. The predicted octanol–water partition coefficient (Wildman–Crippen LogP) is -0.797. The van der Waals surface area contributed by atoms with Gasteiger partial charge >= 0.3 is 5.97 Å². The van der Waals surface area contributed by atoms with Crippen LogP contribution in [-0.4, -0.2) is 33.0 Å². The molecule has 0 aromatic heterocycles. The lowest BCUT2D eigenvalue weighted by Gasteiger charge is -2.20. The fourth-order valence-electron chi connectivity index (χ4n) is 0.179. The van der Waals surface area contributed by atoms with Crippen molar-refractivity contribution >= 4 is 5.97 Å². The van der Waals surface area contributed by atoms with Gasteiger partial charge in [-0.2, -0.15) is 0 Å². The second-order valence-corrected chi connectivity index (χ2v) is 2.13. The van der Waals surface area contributed by atoms with Crippen molar-refractivity contribution in [3.63, 3.8) is 0 Å². The topological polar surface area (TPSA) is 77.8 Å². The van der Waals surface area contributed by atoms with Gasteiger partial charge in [-0.3, -0.25) is 0 Å². The molecule has 0 aliphatic rings. The molecule has 0 radical (unpaired) electrons. The highest BCUT2D eigenvalue weighted by molar-refractivity contribution is 5.77. The molecule has 2 atom stereocenters. The standard InChI is InChI=1S/C5H10O4/c1-3(6)5(2,9)4(7)8/h3,6,9H,1-2H3,(H,7,8)/t3-,5?/m1/s1. The number of aliphatic hydroxyl groups is 2. The molecule has 0 aromatic carbocycles. The Labute approximate surface area is 52.7 Å². The van der Waals surface area contributed by atoms with E-state index in [1.807, 2.05) is 0 Å². The predicted molar refractivity (Wildman–Crippen MR) is 29.9 cm³/mol. The SMILES string of the molecule is C[C@@H](O)C(C)(O)C(=O)O. The van der Waals surface area contributed by atoms with E-state index in [9.17, 15) is 4.79 Å². The van der Waals surface area contributed by atoms with Crippen LogP contribution in [0.3, 0.4) is 0 Å². The molecule has 0 aliphatic carbocycles. The van der Waals surface area contributed by atoms with Crippen molar-refractivity contribution in [2.24, 2.45) is 0 Å². The van der Waals surface area contributed by atoms with Gasteiger partial charge in [-0.05, 0) is 13.8 Å². The maximum atomic E-state index is 10.1. The summed E-state index contributed by atoms with van der Waals surface area (Å²) in [5.74, 6) is -1.42. The molecule has 0 spiro atoms. The van der Waals surface area contributed by atoms with Crippen LogP contribution in [-0.2, 0) is 4.79 Å². The van der Waals surface area contributed by atoms with Gasteiger partial charge in [0.2, 0.25) is 0 Å². The second-order valence-electron chi connectivity index (χ2n) is 2.13. The van der Waals surface area contributed by atoms with Crippen LogP contribution in [0.4, 0.5) is 0 Å². The highest BCUT2D eigenvalue weighted by Gasteiger charge is 2.35. The molecule has 1 unspecified atom stereocenters. The average molecular weight is 134 g/mol. The Morgan fingerprint density at radius 1 is 1.67 bits per heavy atom. The van der Waals surface area contributed by atoms with E-state index in [1.165, 1.54) is 6.92 Å². The summed E-state index contributed by atoms with van der Waals surface area (Å²) in [6.07, 6.45) is -1.25. The van der Waals surface area contributed by atoms with Gasteiger partial charge in [0, 0.05) is 0 Å². The summed E-state index contributed by atoms with van der Waals surface area (Å²) >= 11 is 0. The number of hydrogen-bond donors (Lipinski definition) is 3. The van der Waals surface area contributed by atoms with Crippen LogP contribution >= 0.6 is 0 Å². The fraction of sp³-hybridized carbons (Fsp3) is 0.800. The molecule has 0 bridgehead atoms. The zero-order valence-electron chi connectivity index (χ0n) is 5.33. The summed E-state index contributed by atoms with van der Waals surface area (Å²) in [6.45, 7) is 2.26. The smallest absolute Gasteiger partial charge is 0.338 e. The van der Waals surface area contributed by atoms with Gasteiger partial charge in [0.05, 0.1) is 6.10 Å². The van der Waals surface area contributed by atoms with Gasteiger partial charge in [0.1, 0.15) is 0 Å². The minimum Gasteiger partial charge on any atom is -0.479 e. The molecule has 0 saturated carbocycles. The molecule has 9 heavy (non-hydrogen) atoms. The molecular weight excluding hydrogens is 124 g/mol. The molecule has 0 saturated heterocycles. The minimum atomic E-state index is -2.03. The normalized spacial score (nSPS) is 20.4. The summed E-state index contributed by atoms with van der Waals surface area (Å²) in [7, 11) is 0. The average Bonchev–Trinajstić information content (AvgIpc) is 1.65. The maximum absolute atomic E-state index is 10.1. The summed E-state index contributed by atoms with van der Waals surface area (Å²) in [5, 5.41) is 25.6. The first-order valence-corrected chi connectivity index (χ1v) is 2.53. The molecule has 4 nitrogen and oxygen atoms in total. The van der Waals surface area contributed by atoms with Crippen molar-refractivity contribution in [3.05, 3.63) is 0 Å². The van der Waals surface area contributed by atoms with Crippen molar-refractivity contribution in [2.45, 2.75) is 25.6 Å². The maximum Gasteiger partial charge on any atom is 0.338 e. The largest absolute Gasteiger partial charge is 0.479 e. The van der Waals surface area contributed by atoms with Crippen LogP contribution < -0.4 is 0 Å². The number of carbonyl (C=O) groups is 1. The quantitative estimate of drug-likeness (QED) is 0.462. The Balaban J connectivity index is 4.19. The zero-order chi connectivity index (χ0) is 7.65. The Morgan fingerprint density at radius 3 is 2.00 bits per heavy atom. The monoisotopic (exact) mass is 134 g/mol. The number of aliphatic hydroxyl groups excluding tert-OH is 1. The van der Waals surface area contributed by atoms with Crippen LogP contribution in [0.1, 0.15) is 13.8 Å². The molecule has 0 heterocycles. The van der Waals surface area contributed by atoms with E-state index >= 15 is 0 Å². The first-order valence-electron chi connectivity index (χ1n) is 2.53. The molecule has 0 fully saturated rings. The van der Waals surface area contributed by atoms with Gasteiger partial charge < -0.3 is 15.3 Å². The summed E-state index contributed by atoms with van der Waals surface area (Å²) < 4.78 is 0. The Hall–Kier alpha value is -0.610. The number of carboxylic acid groups (broad SMARTS) is 1. The van der Waals surface area contributed by atoms with E-state index in [-0.39, 0.29) is 0 Å². The Morgan fingerprint density at radius 2 is 2.00 bits per heavy atom. The van der Waals surface area contributed by atoms with Crippen LogP contribution in [0.15, 0.2) is 0 Å². The second kappa shape index (κ2) is 2.33. The first-order chi connectivity index (χ1) is 3.89. The summed E-state index contributed by atoms with van der Waals surface area (Å²) in [4.78, 5) is 10.1. The molecule has 54 valence electrons. The third kappa shape index (κ3) is 1.65. The molecule has 0 aliphatic heterocycles. The highest BCUT2D eigenvalue weighted by Crippen LogP contribution is 2.08. The van der Waals surface area contributed by atoms with Crippen molar-refractivity contribution in [2.75, 3.05) is 0 Å². The fourth-order valence-corrected chi connectivity index (χ4v) is 0.179. The van der Waals surface area contributed by atoms with Crippen molar-refractivity contribution in [1.29, 1.82) is 0 Å². The van der Waals surface area contributed by atoms with E-state index in [4.69, 9.17) is 15.3 Å². The van der Waals surface area contributed by atoms with Crippen LogP contribution in [0.5, 0.6) is 0 Å². The van der Waals surface area contributed by atoms with Gasteiger partial charge in [-0.25, -0.2) is 4.79 Å². The Kier molecular flexibility index (Phi) is 2.17. The zero-order valence-corrected chi connectivity index (χ0v) is 5.33. The van der Waals surface area contributed by atoms with E-state index in [0.717, 1.165) is 6.92 Å². The van der Waals surface area contributed by atoms with E-state index in [1.54, 1.807) is 0 Å². The number of rotatable bonds is 2. The lowest BCUT2D eigenvalue weighted by molar-refractivity contribution is -0.167. The van der Waals surface area contributed by atoms with Gasteiger partial charge in [0.25, 0.3) is 0 Å².